The Labute approximate surface area is 94.6 Å². The summed E-state index contributed by atoms with van der Waals surface area (Å²) < 4.78 is 23.3. The summed E-state index contributed by atoms with van der Waals surface area (Å²) in [6.07, 6.45) is 4.47. The second kappa shape index (κ2) is 4.34. The molecule has 1 N–H and O–H groups in total. The molecule has 0 aliphatic carbocycles. The minimum Gasteiger partial charge on any atom is -0.321 e. The SMILES string of the molecule is CS(=O)(=O)C1CNCCN1c1ncccn1. The molecule has 1 atom stereocenters. The molecule has 1 fully saturated rings. The number of piperazine rings is 1. The lowest BCUT2D eigenvalue weighted by Gasteiger charge is -2.34. The van der Waals surface area contributed by atoms with Crippen molar-refractivity contribution >= 4 is 15.8 Å². The summed E-state index contributed by atoms with van der Waals surface area (Å²) in [5, 5.41) is 2.48. The van der Waals surface area contributed by atoms with Crippen LogP contribution in [0.5, 0.6) is 0 Å². The van der Waals surface area contributed by atoms with Crippen molar-refractivity contribution in [3.8, 4) is 0 Å². The Morgan fingerprint density at radius 3 is 2.75 bits per heavy atom. The van der Waals surface area contributed by atoms with Crippen molar-refractivity contribution in [2.24, 2.45) is 0 Å². The van der Waals surface area contributed by atoms with Gasteiger partial charge >= 0.3 is 0 Å². The first-order valence-electron chi connectivity index (χ1n) is 5.02. The highest BCUT2D eigenvalue weighted by atomic mass is 32.2. The Morgan fingerprint density at radius 2 is 2.12 bits per heavy atom. The molecule has 16 heavy (non-hydrogen) atoms. The van der Waals surface area contributed by atoms with Crippen LogP contribution in [0.15, 0.2) is 18.5 Å². The lowest BCUT2D eigenvalue weighted by molar-refractivity contribution is 0.516. The van der Waals surface area contributed by atoms with Crippen LogP contribution in [0.3, 0.4) is 0 Å². The lowest BCUT2D eigenvalue weighted by Crippen LogP contribution is -2.55. The fourth-order valence-electron chi connectivity index (χ4n) is 1.73. The van der Waals surface area contributed by atoms with Crippen LogP contribution in [0, 0.1) is 0 Å². The molecule has 0 spiro atoms. The Bertz CT molecular complexity index is 448. The number of sulfone groups is 1. The molecule has 0 amide bonds. The van der Waals surface area contributed by atoms with Crippen LogP contribution >= 0.6 is 0 Å². The number of hydrogen-bond donors (Lipinski definition) is 1. The van der Waals surface area contributed by atoms with Crippen molar-refractivity contribution < 1.29 is 8.42 Å². The van der Waals surface area contributed by atoms with Gasteiger partial charge in [-0.05, 0) is 6.07 Å². The van der Waals surface area contributed by atoms with Gasteiger partial charge in [0, 0.05) is 38.3 Å². The molecule has 1 aliphatic rings. The van der Waals surface area contributed by atoms with Crippen molar-refractivity contribution in [3.05, 3.63) is 18.5 Å². The van der Waals surface area contributed by atoms with Crippen LogP contribution in [-0.2, 0) is 9.84 Å². The number of nitrogens with one attached hydrogen (secondary N) is 1. The Morgan fingerprint density at radius 1 is 1.44 bits per heavy atom. The topological polar surface area (TPSA) is 75.2 Å². The van der Waals surface area contributed by atoms with E-state index in [0.29, 0.717) is 19.0 Å². The number of hydrogen-bond acceptors (Lipinski definition) is 6. The second-order valence-electron chi connectivity index (χ2n) is 3.73. The van der Waals surface area contributed by atoms with Crippen LogP contribution in [0.2, 0.25) is 0 Å². The van der Waals surface area contributed by atoms with E-state index < -0.39 is 15.2 Å². The molecule has 1 saturated heterocycles. The van der Waals surface area contributed by atoms with Crippen LogP contribution in [-0.4, -0.2) is 49.6 Å². The molecule has 2 heterocycles. The standard InChI is InChI=1S/C9H14N4O2S/c1-16(14,15)8-7-10-5-6-13(8)9-11-3-2-4-12-9/h2-4,8,10H,5-7H2,1H3. The fraction of sp³-hybridized carbons (Fsp3) is 0.556. The van der Waals surface area contributed by atoms with Crippen molar-refractivity contribution in [2.75, 3.05) is 30.8 Å². The summed E-state index contributed by atoms with van der Waals surface area (Å²) in [4.78, 5) is 9.91. The molecule has 1 aliphatic heterocycles. The van der Waals surface area contributed by atoms with Crippen LogP contribution in [0.4, 0.5) is 5.95 Å². The third kappa shape index (κ3) is 2.30. The van der Waals surface area contributed by atoms with Gasteiger partial charge in [0.05, 0.1) is 0 Å². The highest BCUT2D eigenvalue weighted by Crippen LogP contribution is 2.15. The van der Waals surface area contributed by atoms with E-state index in [-0.39, 0.29) is 0 Å². The highest BCUT2D eigenvalue weighted by molar-refractivity contribution is 7.91. The summed E-state index contributed by atoms with van der Waals surface area (Å²) in [6, 6.07) is 1.71. The normalized spacial score (nSPS) is 22.1. The summed E-state index contributed by atoms with van der Waals surface area (Å²) >= 11 is 0. The highest BCUT2D eigenvalue weighted by Gasteiger charge is 2.31. The van der Waals surface area contributed by atoms with E-state index in [0.717, 1.165) is 6.54 Å². The van der Waals surface area contributed by atoms with E-state index in [1.54, 1.807) is 23.4 Å². The fourth-order valence-corrected chi connectivity index (χ4v) is 2.81. The van der Waals surface area contributed by atoms with Gasteiger partial charge in [0.1, 0.15) is 5.37 Å². The summed E-state index contributed by atoms with van der Waals surface area (Å²) in [6.45, 7) is 1.75. The smallest absolute Gasteiger partial charge is 0.226 e. The number of rotatable bonds is 2. The molecular weight excluding hydrogens is 228 g/mol. The second-order valence-corrected chi connectivity index (χ2v) is 5.93. The minimum atomic E-state index is -3.14. The predicted molar refractivity (Wildman–Crippen MR) is 60.9 cm³/mol. The van der Waals surface area contributed by atoms with Crippen LogP contribution in [0.25, 0.3) is 0 Å². The molecular formula is C9H14N4O2S. The largest absolute Gasteiger partial charge is 0.321 e. The number of aromatic nitrogens is 2. The van der Waals surface area contributed by atoms with Gasteiger partial charge < -0.3 is 10.2 Å². The van der Waals surface area contributed by atoms with E-state index in [9.17, 15) is 8.42 Å². The van der Waals surface area contributed by atoms with Crippen molar-refractivity contribution in [1.82, 2.24) is 15.3 Å². The third-order valence-electron chi connectivity index (χ3n) is 2.50. The van der Waals surface area contributed by atoms with E-state index in [1.165, 1.54) is 6.26 Å². The molecule has 7 heteroatoms. The van der Waals surface area contributed by atoms with Crippen molar-refractivity contribution in [1.29, 1.82) is 0 Å². The minimum absolute atomic E-state index is 0.414. The van der Waals surface area contributed by atoms with Gasteiger partial charge in [0.25, 0.3) is 0 Å². The summed E-state index contributed by atoms with van der Waals surface area (Å²) in [7, 11) is -3.14. The third-order valence-corrected chi connectivity index (χ3v) is 3.91. The van der Waals surface area contributed by atoms with Crippen molar-refractivity contribution in [2.45, 2.75) is 5.37 Å². The number of anilines is 1. The van der Waals surface area contributed by atoms with Gasteiger partial charge in [0.15, 0.2) is 9.84 Å². The molecule has 88 valence electrons. The van der Waals surface area contributed by atoms with Gasteiger partial charge in [-0.2, -0.15) is 0 Å². The van der Waals surface area contributed by atoms with E-state index in [4.69, 9.17) is 0 Å². The van der Waals surface area contributed by atoms with Gasteiger partial charge in [-0.3, -0.25) is 0 Å². The first kappa shape index (κ1) is 11.3. The molecule has 1 aromatic rings. The molecule has 0 radical (unpaired) electrons. The summed E-state index contributed by atoms with van der Waals surface area (Å²) in [5.74, 6) is 0.472. The Hall–Kier alpha value is -1.21. The van der Waals surface area contributed by atoms with Gasteiger partial charge in [-0.15, -0.1) is 0 Å². The van der Waals surface area contributed by atoms with Gasteiger partial charge in [0.2, 0.25) is 5.95 Å². The first-order valence-corrected chi connectivity index (χ1v) is 6.98. The molecule has 6 nitrogen and oxygen atoms in total. The first-order chi connectivity index (χ1) is 7.59. The van der Waals surface area contributed by atoms with Crippen molar-refractivity contribution in [3.63, 3.8) is 0 Å². The maximum Gasteiger partial charge on any atom is 0.226 e. The zero-order valence-corrected chi connectivity index (χ0v) is 9.81. The molecule has 1 unspecified atom stereocenters. The van der Waals surface area contributed by atoms with E-state index >= 15 is 0 Å². The zero-order valence-electron chi connectivity index (χ0n) is 9.00. The van der Waals surface area contributed by atoms with E-state index in [1.807, 2.05) is 0 Å². The molecule has 2 rings (SSSR count). The van der Waals surface area contributed by atoms with Crippen LogP contribution in [0.1, 0.15) is 0 Å². The predicted octanol–water partition coefficient (Wildman–Crippen LogP) is -0.743. The maximum absolute atomic E-state index is 11.6. The monoisotopic (exact) mass is 242 g/mol. The van der Waals surface area contributed by atoms with Gasteiger partial charge in [-0.1, -0.05) is 0 Å². The van der Waals surface area contributed by atoms with Gasteiger partial charge in [-0.25, -0.2) is 18.4 Å². The summed E-state index contributed by atoms with van der Waals surface area (Å²) in [5.41, 5.74) is 0. The molecule has 0 aromatic carbocycles. The molecule has 1 aromatic heterocycles. The lowest BCUT2D eigenvalue weighted by atomic mass is 10.4. The maximum atomic E-state index is 11.6. The average molecular weight is 242 g/mol. The molecule has 0 saturated carbocycles. The molecule has 0 bridgehead atoms. The van der Waals surface area contributed by atoms with E-state index in [2.05, 4.69) is 15.3 Å². The average Bonchev–Trinajstić information content (AvgIpc) is 2.29. The Balaban J connectivity index is 2.31. The quantitative estimate of drug-likeness (QED) is 0.736. The van der Waals surface area contributed by atoms with Crippen LogP contribution < -0.4 is 10.2 Å². The zero-order chi connectivity index (χ0) is 11.6. The Kier molecular flexibility index (Phi) is 3.06. The number of nitrogens with zero attached hydrogens (tertiary/aromatic N) is 3.